The smallest absolute Gasteiger partial charge is 0.272 e. The number of likely N-dealkylation sites (N-methyl/N-ethyl adjacent to an activating group) is 1. The van der Waals surface area contributed by atoms with Gasteiger partial charge >= 0.3 is 0 Å². The van der Waals surface area contributed by atoms with Crippen LogP contribution in [0.25, 0.3) is 5.52 Å². The minimum atomic E-state index is -0.112. The third kappa shape index (κ3) is 3.91. The highest BCUT2D eigenvalue weighted by molar-refractivity contribution is 5.99. The zero-order valence-corrected chi connectivity index (χ0v) is 15.1. The van der Waals surface area contributed by atoms with Gasteiger partial charge in [-0.15, -0.1) is 0 Å². The molecule has 2 aromatic heterocycles. The number of pyridine rings is 1. The quantitative estimate of drug-likeness (QED) is 0.891. The van der Waals surface area contributed by atoms with E-state index in [1.165, 1.54) is 0 Å². The maximum Gasteiger partial charge on any atom is 0.272 e. The zero-order valence-electron chi connectivity index (χ0n) is 15.1. The predicted molar refractivity (Wildman–Crippen MR) is 93.8 cm³/mol. The van der Waals surface area contributed by atoms with E-state index in [1.54, 1.807) is 0 Å². The molecule has 0 aliphatic carbocycles. The summed E-state index contributed by atoms with van der Waals surface area (Å²) in [6, 6.07) is 5.86. The third-order valence-electron chi connectivity index (χ3n) is 4.32. The van der Waals surface area contributed by atoms with E-state index in [1.807, 2.05) is 42.9 Å². The van der Waals surface area contributed by atoms with Crippen LogP contribution in [0, 0.1) is 5.92 Å². The molecule has 0 aliphatic rings. The van der Waals surface area contributed by atoms with E-state index >= 15 is 0 Å². The van der Waals surface area contributed by atoms with Gasteiger partial charge in [0.05, 0.1) is 5.52 Å². The first-order valence-corrected chi connectivity index (χ1v) is 8.14. The number of carbonyl (C=O) groups excluding carboxylic acids is 1. The molecule has 0 aromatic carbocycles. The SMILES string of the molecule is CC(C)Cc1nc(C(=O)NCC(C)(C)N(C)C)c2ccccn12. The molecule has 5 heteroatoms. The Morgan fingerprint density at radius 3 is 2.65 bits per heavy atom. The fraction of sp³-hybridized carbons (Fsp3) is 0.556. The first-order valence-electron chi connectivity index (χ1n) is 8.14. The highest BCUT2D eigenvalue weighted by Gasteiger charge is 2.23. The molecule has 0 aliphatic heterocycles. The van der Waals surface area contributed by atoms with E-state index in [9.17, 15) is 4.79 Å². The highest BCUT2D eigenvalue weighted by Crippen LogP contribution is 2.16. The van der Waals surface area contributed by atoms with Gasteiger partial charge in [0, 0.05) is 24.7 Å². The van der Waals surface area contributed by atoms with Crippen LogP contribution in [-0.4, -0.2) is 46.4 Å². The van der Waals surface area contributed by atoms with Crippen LogP contribution in [0.4, 0.5) is 0 Å². The molecule has 0 bridgehead atoms. The van der Waals surface area contributed by atoms with E-state index in [0.717, 1.165) is 17.8 Å². The standard InChI is InChI=1S/C18H28N4O/c1-13(2)11-15-20-16(14-9-7-8-10-22(14)15)17(23)19-12-18(3,4)21(5)6/h7-10,13H,11-12H2,1-6H3,(H,19,23). The molecule has 126 valence electrons. The lowest BCUT2D eigenvalue weighted by molar-refractivity contribution is 0.0916. The van der Waals surface area contributed by atoms with Crippen molar-refractivity contribution in [3.8, 4) is 0 Å². The predicted octanol–water partition coefficient (Wildman–Crippen LogP) is 2.60. The van der Waals surface area contributed by atoms with Crippen LogP contribution in [0.3, 0.4) is 0 Å². The normalized spacial score (nSPS) is 12.3. The number of imidazole rings is 1. The second-order valence-corrected chi connectivity index (χ2v) is 7.32. The van der Waals surface area contributed by atoms with Crippen LogP contribution < -0.4 is 5.32 Å². The molecular formula is C18H28N4O. The van der Waals surface area contributed by atoms with Gasteiger partial charge in [0.25, 0.3) is 5.91 Å². The van der Waals surface area contributed by atoms with Crippen molar-refractivity contribution in [2.75, 3.05) is 20.6 Å². The van der Waals surface area contributed by atoms with Gasteiger partial charge in [0.1, 0.15) is 5.82 Å². The summed E-state index contributed by atoms with van der Waals surface area (Å²) in [5, 5.41) is 3.02. The first-order chi connectivity index (χ1) is 10.7. The monoisotopic (exact) mass is 316 g/mol. The zero-order chi connectivity index (χ0) is 17.2. The summed E-state index contributed by atoms with van der Waals surface area (Å²) in [5.41, 5.74) is 1.27. The molecule has 5 nitrogen and oxygen atoms in total. The van der Waals surface area contributed by atoms with Crippen molar-refractivity contribution in [3.63, 3.8) is 0 Å². The summed E-state index contributed by atoms with van der Waals surface area (Å²) in [6.45, 7) is 9.09. The van der Waals surface area contributed by atoms with Crippen LogP contribution >= 0.6 is 0 Å². The van der Waals surface area contributed by atoms with Crippen LogP contribution in [0.2, 0.25) is 0 Å². The van der Waals surface area contributed by atoms with E-state index in [-0.39, 0.29) is 11.4 Å². The molecule has 2 rings (SSSR count). The van der Waals surface area contributed by atoms with Gasteiger partial charge in [-0.25, -0.2) is 4.98 Å². The Morgan fingerprint density at radius 2 is 2.04 bits per heavy atom. The first kappa shape index (κ1) is 17.5. The minimum Gasteiger partial charge on any atom is -0.349 e. The lowest BCUT2D eigenvalue weighted by Crippen LogP contribution is -2.48. The van der Waals surface area contributed by atoms with Gasteiger partial charge in [-0.3, -0.25) is 4.79 Å². The Morgan fingerprint density at radius 1 is 1.35 bits per heavy atom. The summed E-state index contributed by atoms with van der Waals surface area (Å²) < 4.78 is 2.02. The molecule has 0 spiro atoms. The van der Waals surface area contributed by atoms with E-state index < -0.39 is 0 Å². The molecule has 0 unspecified atom stereocenters. The molecule has 23 heavy (non-hydrogen) atoms. The number of amides is 1. The van der Waals surface area contributed by atoms with Crippen molar-refractivity contribution >= 4 is 11.4 Å². The maximum absolute atomic E-state index is 12.6. The number of rotatable bonds is 6. The number of fused-ring (bicyclic) bond motifs is 1. The molecule has 2 aromatic rings. The lowest BCUT2D eigenvalue weighted by Gasteiger charge is -2.32. The average Bonchev–Trinajstić information content (AvgIpc) is 2.83. The van der Waals surface area contributed by atoms with Gasteiger partial charge in [-0.2, -0.15) is 0 Å². The molecule has 1 amide bonds. The number of nitrogens with one attached hydrogen (secondary N) is 1. The minimum absolute atomic E-state index is 0.105. The number of hydrogen-bond donors (Lipinski definition) is 1. The van der Waals surface area contributed by atoms with Crippen molar-refractivity contribution in [1.82, 2.24) is 19.6 Å². The van der Waals surface area contributed by atoms with E-state index in [0.29, 0.717) is 18.2 Å². The van der Waals surface area contributed by atoms with Gasteiger partial charge in [-0.05, 0) is 46.0 Å². The second kappa shape index (κ2) is 6.71. The Labute approximate surface area is 138 Å². The summed E-state index contributed by atoms with van der Waals surface area (Å²) in [4.78, 5) is 19.3. The Hall–Kier alpha value is -1.88. The number of carbonyl (C=O) groups is 1. The number of aromatic nitrogens is 2. The fourth-order valence-corrected chi connectivity index (χ4v) is 2.32. The molecule has 0 saturated heterocycles. The molecule has 2 heterocycles. The fourth-order valence-electron chi connectivity index (χ4n) is 2.32. The molecule has 0 atom stereocenters. The van der Waals surface area contributed by atoms with Crippen molar-refractivity contribution in [2.45, 2.75) is 39.7 Å². The lowest BCUT2D eigenvalue weighted by atomic mass is 10.0. The van der Waals surface area contributed by atoms with Gasteiger partial charge in [0.2, 0.25) is 0 Å². The van der Waals surface area contributed by atoms with Crippen molar-refractivity contribution in [3.05, 3.63) is 35.9 Å². The Balaban J connectivity index is 2.27. The Bertz CT molecular complexity index is 685. The topological polar surface area (TPSA) is 49.6 Å². The second-order valence-electron chi connectivity index (χ2n) is 7.32. The Kier molecular flexibility index (Phi) is 5.09. The summed E-state index contributed by atoms with van der Waals surface area (Å²) >= 11 is 0. The van der Waals surface area contributed by atoms with Crippen LogP contribution in [0.5, 0.6) is 0 Å². The molecule has 0 fully saturated rings. The van der Waals surface area contributed by atoms with Gasteiger partial charge in [-0.1, -0.05) is 19.9 Å². The molecule has 1 N–H and O–H groups in total. The number of nitrogens with zero attached hydrogens (tertiary/aromatic N) is 3. The summed E-state index contributed by atoms with van der Waals surface area (Å²) in [5.74, 6) is 1.32. The van der Waals surface area contributed by atoms with Crippen LogP contribution in [0.1, 0.15) is 44.0 Å². The summed E-state index contributed by atoms with van der Waals surface area (Å²) in [6.07, 6.45) is 2.82. The van der Waals surface area contributed by atoms with Gasteiger partial charge in [0.15, 0.2) is 5.69 Å². The molecule has 0 saturated carbocycles. The van der Waals surface area contributed by atoms with Crippen LogP contribution in [0.15, 0.2) is 24.4 Å². The van der Waals surface area contributed by atoms with E-state index in [4.69, 9.17) is 0 Å². The van der Waals surface area contributed by atoms with Crippen molar-refractivity contribution in [1.29, 1.82) is 0 Å². The molecular weight excluding hydrogens is 288 g/mol. The maximum atomic E-state index is 12.6. The third-order valence-corrected chi connectivity index (χ3v) is 4.32. The average molecular weight is 316 g/mol. The van der Waals surface area contributed by atoms with Crippen LogP contribution in [-0.2, 0) is 6.42 Å². The van der Waals surface area contributed by atoms with Crippen molar-refractivity contribution in [2.24, 2.45) is 5.92 Å². The van der Waals surface area contributed by atoms with E-state index in [2.05, 4.69) is 42.9 Å². The largest absolute Gasteiger partial charge is 0.349 e. The van der Waals surface area contributed by atoms with Gasteiger partial charge < -0.3 is 14.6 Å². The highest BCUT2D eigenvalue weighted by atomic mass is 16.1. The molecule has 0 radical (unpaired) electrons. The summed E-state index contributed by atoms with van der Waals surface area (Å²) in [7, 11) is 4.03. The number of hydrogen-bond acceptors (Lipinski definition) is 3. The van der Waals surface area contributed by atoms with Crippen molar-refractivity contribution < 1.29 is 4.79 Å².